The molecule has 2 aromatic rings. The predicted octanol–water partition coefficient (Wildman–Crippen LogP) is 1.83. The second-order valence-corrected chi connectivity index (χ2v) is 5.22. The molecule has 0 spiro atoms. The summed E-state index contributed by atoms with van der Waals surface area (Å²) in [6, 6.07) is 3.48. The van der Waals surface area contributed by atoms with Crippen molar-refractivity contribution in [3.8, 4) is 11.4 Å². The number of amides is 1. The van der Waals surface area contributed by atoms with Crippen molar-refractivity contribution in [1.29, 1.82) is 0 Å². The molecule has 1 aliphatic rings. The van der Waals surface area contributed by atoms with Gasteiger partial charge in [0.25, 0.3) is 0 Å². The number of hydrogen-bond donors (Lipinski definition) is 0. The maximum atomic E-state index is 12.2. The number of rotatable bonds is 4. The third kappa shape index (κ3) is 2.99. The number of hydrogen-bond acceptors (Lipinski definition) is 6. The Morgan fingerprint density at radius 2 is 2.23 bits per heavy atom. The molecule has 7 nitrogen and oxygen atoms in total. The van der Waals surface area contributed by atoms with Gasteiger partial charge < -0.3 is 14.2 Å². The van der Waals surface area contributed by atoms with E-state index in [1.165, 1.54) is 7.11 Å². The molecule has 0 aliphatic carbocycles. The maximum Gasteiger partial charge on any atom is 0.249 e. The van der Waals surface area contributed by atoms with E-state index in [4.69, 9.17) is 9.26 Å². The third-order valence-corrected chi connectivity index (χ3v) is 3.76. The molecule has 0 N–H and O–H groups in total. The fourth-order valence-electron chi connectivity index (χ4n) is 2.68. The number of aromatic nitrogens is 3. The molecule has 1 amide bonds. The van der Waals surface area contributed by atoms with Gasteiger partial charge >= 0.3 is 0 Å². The molecule has 3 heterocycles. The number of ether oxygens (including phenoxy) is 1. The summed E-state index contributed by atoms with van der Waals surface area (Å²) in [6.07, 6.45) is 6.21. The lowest BCUT2D eigenvalue weighted by Crippen LogP contribution is -2.40. The molecular weight excluding hydrogens is 284 g/mol. The number of carbonyl (C=O) groups is 1. The molecule has 22 heavy (non-hydrogen) atoms. The maximum absolute atomic E-state index is 12.2. The largest absolute Gasteiger partial charge is 0.375 e. The zero-order chi connectivity index (χ0) is 15.4. The topological polar surface area (TPSA) is 81.4 Å². The van der Waals surface area contributed by atoms with Crippen molar-refractivity contribution in [1.82, 2.24) is 20.0 Å². The van der Waals surface area contributed by atoms with Crippen LogP contribution in [-0.4, -0.2) is 46.2 Å². The van der Waals surface area contributed by atoms with Crippen molar-refractivity contribution in [2.24, 2.45) is 0 Å². The molecule has 1 aliphatic heterocycles. The Morgan fingerprint density at radius 1 is 1.41 bits per heavy atom. The van der Waals surface area contributed by atoms with Crippen LogP contribution in [0.3, 0.4) is 0 Å². The Morgan fingerprint density at radius 3 is 3.00 bits per heavy atom. The molecule has 2 aromatic heterocycles. The summed E-state index contributed by atoms with van der Waals surface area (Å²) in [7, 11) is 1.52. The molecule has 0 radical (unpaired) electrons. The molecule has 7 heteroatoms. The van der Waals surface area contributed by atoms with E-state index in [1.54, 1.807) is 17.3 Å². The minimum Gasteiger partial charge on any atom is -0.375 e. The monoisotopic (exact) mass is 302 g/mol. The molecule has 1 saturated heterocycles. The number of pyridine rings is 1. The van der Waals surface area contributed by atoms with Gasteiger partial charge in [-0.3, -0.25) is 9.78 Å². The first-order valence-electron chi connectivity index (χ1n) is 7.32. The van der Waals surface area contributed by atoms with Gasteiger partial charge in [0.15, 0.2) is 0 Å². The summed E-state index contributed by atoms with van der Waals surface area (Å²) >= 11 is 0. The summed E-state index contributed by atoms with van der Waals surface area (Å²) in [5, 5.41) is 4.02. The van der Waals surface area contributed by atoms with E-state index in [-0.39, 0.29) is 18.6 Å². The Labute approximate surface area is 128 Å². The van der Waals surface area contributed by atoms with Crippen LogP contribution in [0.15, 0.2) is 29.0 Å². The van der Waals surface area contributed by atoms with Crippen LogP contribution in [0.1, 0.15) is 31.2 Å². The first-order valence-corrected chi connectivity index (χ1v) is 7.32. The highest BCUT2D eigenvalue weighted by Gasteiger charge is 2.32. The van der Waals surface area contributed by atoms with Gasteiger partial charge in [0, 0.05) is 31.6 Å². The van der Waals surface area contributed by atoms with Gasteiger partial charge in [-0.2, -0.15) is 4.98 Å². The number of likely N-dealkylation sites (tertiary alicyclic amines) is 1. The van der Waals surface area contributed by atoms with Crippen molar-refractivity contribution >= 4 is 5.91 Å². The highest BCUT2D eigenvalue weighted by molar-refractivity contribution is 5.78. The molecule has 0 bridgehead atoms. The second kappa shape index (κ2) is 6.65. The zero-order valence-corrected chi connectivity index (χ0v) is 12.4. The van der Waals surface area contributed by atoms with E-state index < -0.39 is 0 Å². The molecule has 3 rings (SSSR count). The van der Waals surface area contributed by atoms with Gasteiger partial charge in [-0.15, -0.1) is 0 Å². The average Bonchev–Trinajstić information content (AvgIpc) is 3.06. The molecule has 0 aromatic carbocycles. The van der Waals surface area contributed by atoms with E-state index in [2.05, 4.69) is 15.1 Å². The van der Waals surface area contributed by atoms with Crippen LogP contribution in [0.25, 0.3) is 11.4 Å². The van der Waals surface area contributed by atoms with Crippen LogP contribution >= 0.6 is 0 Å². The molecule has 116 valence electrons. The normalized spacial score (nSPS) is 18.4. The summed E-state index contributed by atoms with van der Waals surface area (Å²) in [6.45, 7) is 0.766. The molecule has 1 atom stereocenters. The Bertz CT molecular complexity index is 629. The minimum atomic E-state index is -0.167. The van der Waals surface area contributed by atoms with Crippen molar-refractivity contribution in [2.75, 3.05) is 20.3 Å². The zero-order valence-electron chi connectivity index (χ0n) is 12.4. The lowest BCUT2D eigenvalue weighted by molar-refractivity contribution is -0.139. The number of carbonyl (C=O) groups excluding carboxylic acids is 1. The Kier molecular flexibility index (Phi) is 4.43. The summed E-state index contributed by atoms with van der Waals surface area (Å²) < 4.78 is 10.4. The van der Waals surface area contributed by atoms with Crippen molar-refractivity contribution in [3.63, 3.8) is 0 Å². The number of piperidine rings is 1. The molecule has 0 unspecified atom stereocenters. The highest BCUT2D eigenvalue weighted by Crippen LogP contribution is 2.31. The van der Waals surface area contributed by atoms with Crippen molar-refractivity contribution < 1.29 is 14.1 Å². The van der Waals surface area contributed by atoms with Crippen LogP contribution < -0.4 is 0 Å². The lowest BCUT2D eigenvalue weighted by atomic mass is 10.0. The van der Waals surface area contributed by atoms with Crippen LogP contribution in [-0.2, 0) is 9.53 Å². The van der Waals surface area contributed by atoms with Gasteiger partial charge in [0.1, 0.15) is 12.6 Å². The summed E-state index contributed by atoms with van der Waals surface area (Å²) in [4.78, 5) is 22.4. The first kappa shape index (κ1) is 14.6. The van der Waals surface area contributed by atoms with Crippen molar-refractivity contribution in [3.05, 3.63) is 30.4 Å². The highest BCUT2D eigenvalue weighted by atomic mass is 16.5. The predicted molar refractivity (Wildman–Crippen MR) is 77.7 cm³/mol. The minimum absolute atomic E-state index is 0.0455. The van der Waals surface area contributed by atoms with Crippen LogP contribution in [0.5, 0.6) is 0 Å². The van der Waals surface area contributed by atoms with E-state index >= 15 is 0 Å². The summed E-state index contributed by atoms with van der Waals surface area (Å²) in [5.74, 6) is 0.953. The summed E-state index contributed by atoms with van der Waals surface area (Å²) in [5.41, 5.74) is 0.843. The van der Waals surface area contributed by atoms with Crippen LogP contribution in [0, 0.1) is 0 Å². The number of methoxy groups -OCH3 is 1. The van der Waals surface area contributed by atoms with Gasteiger partial charge in [0.2, 0.25) is 17.6 Å². The standard InChI is InChI=1S/C15H18N4O3/c1-21-10-13(20)19-9-3-2-4-12(19)15-17-14(18-22-15)11-5-7-16-8-6-11/h5-8,12H,2-4,9-10H2,1H3/t12-/m0/s1. The smallest absolute Gasteiger partial charge is 0.249 e. The van der Waals surface area contributed by atoms with E-state index in [1.807, 2.05) is 12.1 Å². The average molecular weight is 302 g/mol. The SMILES string of the molecule is COCC(=O)N1CCCC[C@H]1c1nc(-c2ccncc2)no1. The fraction of sp³-hybridized carbons (Fsp3) is 0.467. The van der Waals surface area contributed by atoms with Gasteiger partial charge in [-0.05, 0) is 31.4 Å². The number of nitrogens with zero attached hydrogens (tertiary/aromatic N) is 4. The second-order valence-electron chi connectivity index (χ2n) is 5.22. The molecular formula is C15H18N4O3. The Balaban J connectivity index is 1.82. The van der Waals surface area contributed by atoms with Crippen LogP contribution in [0.4, 0.5) is 0 Å². The van der Waals surface area contributed by atoms with Crippen molar-refractivity contribution in [2.45, 2.75) is 25.3 Å². The van der Waals surface area contributed by atoms with E-state index in [0.29, 0.717) is 18.3 Å². The Hall–Kier alpha value is -2.28. The van der Waals surface area contributed by atoms with Gasteiger partial charge in [-0.25, -0.2) is 0 Å². The third-order valence-electron chi connectivity index (χ3n) is 3.76. The van der Waals surface area contributed by atoms with Gasteiger partial charge in [-0.1, -0.05) is 5.16 Å². The molecule has 1 fully saturated rings. The fourth-order valence-corrected chi connectivity index (χ4v) is 2.68. The lowest BCUT2D eigenvalue weighted by Gasteiger charge is -2.33. The van der Waals surface area contributed by atoms with E-state index in [0.717, 1.165) is 24.8 Å². The first-order chi connectivity index (χ1) is 10.8. The van der Waals surface area contributed by atoms with Crippen LogP contribution in [0.2, 0.25) is 0 Å². The molecule has 0 saturated carbocycles. The quantitative estimate of drug-likeness (QED) is 0.857. The van der Waals surface area contributed by atoms with E-state index in [9.17, 15) is 4.79 Å². The van der Waals surface area contributed by atoms with Gasteiger partial charge in [0.05, 0.1) is 0 Å².